The molecule has 0 unspecified atom stereocenters. The molecule has 6 nitrogen and oxygen atoms in total. The summed E-state index contributed by atoms with van der Waals surface area (Å²) in [6.45, 7) is 1.24. The van der Waals surface area contributed by atoms with Crippen LogP contribution in [0.1, 0.15) is 12.8 Å². The zero-order chi connectivity index (χ0) is 8.74. The Morgan fingerprint density at radius 3 is 2.33 bits per heavy atom. The first-order chi connectivity index (χ1) is 5.06. The first-order valence-corrected chi connectivity index (χ1v) is 5.31. The van der Waals surface area contributed by atoms with E-state index >= 15 is 0 Å². The molecule has 0 saturated carbocycles. The summed E-state index contributed by atoms with van der Waals surface area (Å²) in [5, 5.41) is 2.64. The van der Waals surface area contributed by atoms with Crippen LogP contribution >= 0.6 is 7.60 Å². The third kappa shape index (κ3) is 12.7. The maximum absolute atomic E-state index is 10.3. The summed E-state index contributed by atoms with van der Waals surface area (Å²) in [6.07, 6.45) is 1.50. The third-order valence-corrected chi connectivity index (χ3v) is 1.76. The normalized spacial score (nSPS) is 10.9. The Hall–Kier alpha value is 0.0300. The molecule has 0 aliphatic rings. The van der Waals surface area contributed by atoms with Gasteiger partial charge in [-0.05, 0) is 25.9 Å². The lowest BCUT2D eigenvalue weighted by molar-refractivity contribution is 0.367. The molecule has 7 N–H and O–H groups in total. The largest absolute Gasteiger partial charge is 0.412 e. The summed E-state index contributed by atoms with van der Waals surface area (Å²) in [6, 6.07) is 0. The molecule has 0 aromatic carbocycles. The Morgan fingerprint density at radius 1 is 1.33 bits per heavy atom. The van der Waals surface area contributed by atoms with Crippen molar-refractivity contribution in [3.05, 3.63) is 0 Å². The molecule has 0 aromatic rings. The lowest BCUT2D eigenvalue weighted by Crippen LogP contribution is -2.17. The van der Waals surface area contributed by atoms with Gasteiger partial charge >= 0.3 is 7.60 Å². The van der Waals surface area contributed by atoms with Crippen LogP contribution < -0.4 is 11.1 Å². The van der Waals surface area contributed by atoms with Crippen molar-refractivity contribution in [1.82, 2.24) is 5.32 Å². The van der Waals surface area contributed by atoms with Gasteiger partial charge in [-0.15, -0.1) is 0 Å². The summed E-state index contributed by atoms with van der Waals surface area (Å²) in [4.78, 5) is 16.8. The van der Waals surface area contributed by atoms with E-state index in [9.17, 15) is 4.57 Å². The van der Waals surface area contributed by atoms with Gasteiger partial charge in [-0.1, -0.05) is 0 Å². The van der Waals surface area contributed by atoms with Gasteiger partial charge in [-0.2, -0.15) is 0 Å². The number of hydrogen-bond acceptors (Lipinski definition) is 3. The molecule has 12 heavy (non-hydrogen) atoms. The third-order valence-electron chi connectivity index (χ3n) is 1.13. The molecular weight excluding hydrogens is 183 g/mol. The molecule has 0 aromatic heterocycles. The van der Waals surface area contributed by atoms with E-state index in [0.717, 1.165) is 12.8 Å². The molecule has 0 bridgehead atoms. The highest BCUT2D eigenvalue weighted by Gasteiger charge is 2.10. The van der Waals surface area contributed by atoms with E-state index in [1.807, 2.05) is 0 Å². The van der Waals surface area contributed by atoms with Crippen LogP contribution in [0.4, 0.5) is 0 Å². The lowest BCUT2D eigenvalue weighted by atomic mass is 10.3. The van der Waals surface area contributed by atoms with Crippen molar-refractivity contribution in [2.75, 3.05) is 19.4 Å². The maximum atomic E-state index is 10.3. The Balaban J connectivity index is 0. The number of nitrogens with one attached hydrogen (secondary N) is 1. The van der Waals surface area contributed by atoms with Crippen LogP contribution in [-0.4, -0.2) is 34.6 Å². The fourth-order valence-corrected chi connectivity index (χ4v) is 1.07. The van der Waals surface area contributed by atoms with Crippen molar-refractivity contribution in [2.45, 2.75) is 12.8 Å². The Bertz CT molecular complexity index is 137. The predicted octanol–water partition coefficient (Wildman–Crippen LogP) is -1.37. The van der Waals surface area contributed by atoms with Gasteiger partial charge in [0.25, 0.3) is 0 Å². The molecule has 0 spiro atoms. The van der Waals surface area contributed by atoms with Crippen LogP contribution in [0.15, 0.2) is 0 Å². The van der Waals surface area contributed by atoms with Gasteiger partial charge in [-0.25, -0.2) is 0 Å². The average Bonchev–Trinajstić information content (AvgIpc) is 1.85. The molecule has 0 aliphatic carbocycles. The van der Waals surface area contributed by atoms with E-state index < -0.39 is 7.60 Å². The average molecular weight is 200 g/mol. The summed E-state index contributed by atoms with van der Waals surface area (Å²) >= 11 is 0. The quantitative estimate of drug-likeness (QED) is 0.310. The highest BCUT2D eigenvalue weighted by Crippen LogP contribution is 2.31. The molecule has 0 fully saturated rings. The molecule has 0 amide bonds. The van der Waals surface area contributed by atoms with Crippen molar-refractivity contribution in [3.8, 4) is 0 Å². The van der Waals surface area contributed by atoms with E-state index in [2.05, 4.69) is 5.32 Å². The van der Waals surface area contributed by atoms with Gasteiger partial charge in [0.2, 0.25) is 0 Å². The molecule has 0 saturated heterocycles. The number of nitrogens with two attached hydrogens (primary N) is 1. The molecule has 0 aliphatic heterocycles. The fourth-order valence-electron chi connectivity index (χ4n) is 0.619. The van der Waals surface area contributed by atoms with Crippen molar-refractivity contribution in [2.24, 2.45) is 5.73 Å². The molecular formula is C5H17N2O4P. The molecule has 0 radical (unpaired) electrons. The maximum Gasteiger partial charge on any atom is 0.339 e. The van der Waals surface area contributed by atoms with Crippen LogP contribution in [0.5, 0.6) is 0 Å². The summed E-state index contributed by atoms with van der Waals surface area (Å²) in [5.74, 6) is 0. The second-order valence-electron chi connectivity index (χ2n) is 2.32. The van der Waals surface area contributed by atoms with E-state index in [0.29, 0.717) is 13.1 Å². The van der Waals surface area contributed by atoms with E-state index in [1.54, 1.807) is 0 Å². The van der Waals surface area contributed by atoms with Crippen molar-refractivity contribution in [1.29, 1.82) is 0 Å². The zero-order valence-corrected chi connectivity index (χ0v) is 7.76. The van der Waals surface area contributed by atoms with Crippen molar-refractivity contribution >= 4 is 7.60 Å². The van der Waals surface area contributed by atoms with E-state index in [4.69, 9.17) is 15.5 Å². The highest BCUT2D eigenvalue weighted by molar-refractivity contribution is 7.51. The van der Waals surface area contributed by atoms with E-state index in [1.165, 1.54) is 0 Å². The van der Waals surface area contributed by atoms with Crippen LogP contribution in [0.2, 0.25) is 0 Å². The van der Waals surface area contributed by atoms with Crippen molar-refractivity contribution in [3.63, 3.8) is 0 Å². The minimum atomic E-state index is -3.86. The second kappa shape index (κ2) is 7.67. The van der Waals surface area contributed by atoms with Crippen LogP contribution in [0.3, 0.4) is 0 Å². The summed E-state index contributed by atoms with van der Waals surface area (Å²) in [7, 11) is -3.86. The summed E-state index contributed by atoms with van der Waals surface area (Å²) in [5.41, 5.74) is 5.22. The van der Waals surface area contributed by atoms with Gasteiger partial charge in [0.15, 0.2) is 0 Å². The number of unbranched alkanes of at least 4 members (excludes halogenated alkanes) is 1. The van der Waals surface area contributed by atoms with Crippen molar-refractivity contribution < 1.29 is 19.8 Å². The molecule has 0 heterocycles. The van der Waals surface area contributed by atoms with Gasteiger partial charge in [-0.3, -0.25) is 4.57 Å². The van der Waals surface area contributed by atoms with Gasteiger partial charge < -0.3 is 26.3 Å². The smallest absolute Gasteiger partial charge is 0.339 e. The lowest BCUT2D eigenvalue weighted by Gasteiger charge is -2.04. The minimum absolute atomic E-state index is 0. The minimum Gasteiger partial charge on any atom is -0.412 e. The molecule has 0 atom stereocenters. The number of hydrogen-bond donors (Lipinski definition) is 4. The zero-order valence-electron chi connectivity index (χ0n) is 6.86. The van der Waals surface area contributed by atoms with Crippen LogP contribution in [0.25, 0.3) is 0 Å². The predicted molar refractivity (Wildman–Crippen MR) is 46.8 cm³/mol. The van der Waals surface area contributed by atoms with Gasteiger partial charge in [0, 0.05) is 0 Å². The number of rotatable bonds is 6. The monoisotopic (exact) mass is 200 g/mol. The topological polar surface area (TPSA) is 127 Å². The van der Waals surface area contributed by atoms with Gasteiger partial charge in [0.05, 0.1) is 6.29 Å². The molecule has 7 heteroatoms. The SMILES string of the molecule is NCCCCNCP(=O)(O)O.O. The van der Waals surface area contributed by atoms with Crippen LogP contribution in [0, 0.1) is 0 Å². The molecule has 76 valence electrons. The van der Waals surface area contributed by atoms with E-state index in [-0.39, 0.29) is 11.8 Å². The Morgan fingerprint density at radius 2 is 1.92 bits per heavy atom. The second-order valence-corrected chi connectivity index (χ2v) is 3.96. The Labute approximate surface area is 71.6 Å². The highest BCUT2D eigenvalue weighted by atomic mass is 31.2. The Kier molecular flexibility index (Phi) is 9.30. The molecule has 0 rings (SSSR count). The first kappa shape index (κ1) is 14.5. The summed E-state index contributed by atoms with van der Waals surface area (Å²) < 4.78 is 10.3. The fraction of sp³-hybridized carbons (Fsp3) is 1.00. The van der Waals surface area contributed by atoms with Crippen LogP contribution in [-0.2, 0) is 4.57 Å². The van der Waals surface area contributed by atoms with Gasteiger partial charge in [0.1, 0.15) is 0 Å². The first-order valence-electron chi connectivity index (χ1n) is 3.51. The standard InChI is InChI=1S/C5H15N2O3P.H2O/c6-3-1-2-4-7-5-11(8,9)10;/h7H,1-6H2,(H2,8,9,10);1H2.